The Bertz CT molecular complexity index is 1120. The Morgan fingerprint density at radius 1 is 1.18 bits per heavy atom. The van der Waals surface area contributed by atoms with Crippen molar-refractivity contribution in [3.63, 3.8) is 0 Å². The smallest absolute Gasteiger partial charge is 0.248 e. The number of aromatic nitrogens is 1. The molecule has 0 aliphatic carbocycles. The number of thioether (sulfide) groups is 1. The first-order valence-corrected chi connectivity index (χ1v) is 13.1. The summed E-state index contributed by atoms with van der Waals surface area (Å²) in [5.74, 6) is 2.98. The summed E-state index contributed by atoms with van der Waals surface area (Å²) in [6, 6.07) is 14.0. The van der Waals surface area contributed by atoms with Crippen molar-refractivity contribution in [1.82, 2.24) is 9.88 Å². The number of carbonyl (C=O) groups is 1. The molecule has 1 aliphatic rings. The number of benzene rings is 2. The standard InChI is InChI=1S/C26H29N3O2S2/c1-19-15-21(16-29-11-13-32-14-12-29)7-9-24(19)28-26(30)10-8-22-5-3-4-6-25(22)31-17-23-18-33-20(2)27-23/h3-10,15,18H,11-14,16-17H2,1-2H3,(H,28,30)/b10-8+. The Balaban J connectivity index is 1.35. The van der Waals surface area contributed by atoms with E-state index in [2.05, 4.69) is 27.3 Å². The summed E-state index contributed by atoms with van der Waals surface area (Å²) < 4.78 is 5.94. The maximum atomic E-state index is 12.6. The number of aryl methyl sites for hydroxylation is 2. The van der Waals surface area contributed by atoms with E-state index in [1.165, 1.54) is 17.1 Å². The molecular formula is C26H29N3O2S2. The quantitative estimate of drug-likeness (QED) is 0.430. The van der Waals surface area contributed by atoms with Crippen molar-refractivity contribution in [2.45, 2.75) is 27.0 Å². The maximum Gasteiger partial charge on any atom is 0.248 e. The summed E-state index contributed by atoms with van der Waals surface area (Å²) in [4.78, 5) is 19.5. The first-order chi connectivity index (χ1) is 16.1. The molecule has 7 heteroatoms. The van der Waals surface area contributed by atoms with Crippen molar-refractivity contribution in [3.05, 3.63) is 81.3 Å². The van der Waals surface area contributed by atoms with Gasteiger partial charge < -0.3 is 10.1 Å². The molecule has 0 spiro atoms. The maximum absolute atomic E-state index is 12.6. The number of hydrogen-bond acceptors (Lipinski definition) is 6. The number of hydrogen-bond donors (Lipinski definition) is 1. The molecule has 0 atom stereocenters. The number of ether oxygens (including phenoxy) is 1. The lowest BCUT2D eigenvalue weighted by molar-refractivity contribution is -0.111. The third-order valence-electron chi connectivity index (χ3n) is 5.43. The highest BCUT2D eigenvalue weighted by Crippen LogP contribution is 2.22. The predicted molar refractivity (Wildman–Crippen MR) is 139 cm³/mol. The van der Waals surface area contributed by atoms with Gasteiger partial charge in [0.1, 0.15) is 12.4 Å². The van der Waals surface area contributed by atoms with Crippen LogP contribution in [0.25, 0.3) is 6.08 Å². The number of carbonyl (C=O) groups excluding carboxylic acids is 1. The molecule has 0 unspecified atom stereocenters. The summed E-state index contributed by atoms with van der Waals surface area (Å²) in [5.41, 5.74) is 4.96. The average Bonchev–Trinajstić information content (AvgIpc) is 3.24. The van der Waals surface area contributed by atoms with Crippen LogP contribution in [0.5, 0.6) is 5.75 Å². The Hall–Kier alpha value is -2.61. The molecule has 2 aromatic carbocycles. The average molecular weight is 480 g/mol. The SMILES string of the molecule is Cc1nc(COc2ccccc2/C=C/C(=O)Nc2ccc(CN3CCSCC3)cc2C)cs1. The second-order valence-corrected chi connectivity index (χ2v) is 10.3. The number of nitrogens with one attached hydrogen (secondary N) is 1. The Morgan fingerprint density at radius 2 is 2.00 bits per heavy atom. The van der Waals surface area contributed by atoms with Crippen LogP contribution < -0.4 is 10.1 Å². The van der Waals surface area contributed by atoms with Crippen LogP contribution in [0, 0.1) is 13.8 Å². The zero-order valence-electron chi connectivity index (χ0n) is 19.0. The molecule has 1 fully saturated rings. The Kier molecular flexibility index (Phi) is 8.20. The molecular weight excluding hydrogens is 450 g/mol. The van der Waals surface area contributed by atoms with Crippen molar-refractivity contribution < 1.29 is 9.53 Å². The molecule has 1 aliphatic heterocycles. The zero-order valence-corrected chi connectivity index (χ0v) is 20.7. The molecule has 172 valence electrons. The molecule has 5 nitrogen and oxygen atoms in total. The number of thiazole rings is 1. The van der Waals surface area contributed by atoms with Gasteiger partial charge in [-0.25, -0.2) is 4.98 Å². The molecule has 0 saturated carbocycles. The van der Waals surface area contributed by atoms with Crippen LogP contribution in [0.2, 0.25) is 0 Å². The third-order valence-corrected chi connectivity index (χ3v) is 7.20. The molecule has 1 aromatic heterocycles. The molecule has 3 aromatic rings. The molecule has 1 N–H and O–H groups in total. The molecule has 2 heterocycles. The van der Waals surface area contributed by atoms with Gasteiger partial charge in [0.25, 0.3) is 0 Å². The van der Waals surface area contributed by atoms with E-state index >= 15 is 0 Å². The molecule has 1 amide bonds. The third kappa shape index (κ3) is 6.93. The summed E-state index contributed by atoms with van der Waals surface area (Å²) in [6.07, 6.45) is 3.34. The number of anilines is 1. The van der Waals surface area contributed by atoms with E-state index in [9.17, 15) is 4.79 Å². The van der Waals surface area contributed by atoms with E-state index in [1.807, 2.05) is 61.3 Å². The molecule has 4 rings (SSSR count). The number of amides is 1. The topological polar surface area (TPSA) is 54.5 Å². The lowest BCUT2D eigenvalue weighted by Gasteiger charge is -2.26. The van der Waals surface area contributed by atoms with Gasteiger partial charge in [0.2, 0.25) is 5.91 Å². The minimum atomic E-state index is -0.163. The van der Waals surface area contributed by atoms with Crippen LogP contribution in [-0.2, 0) is 17.9 Å². The second-order valence-electron chi connectivity index (χ2n) is 8.04. The van der Waals surface area contributed by atoms with Gasteiger partial charge in [-0.05, 0) is 43.2 Å². The van der Waals surface area contributed by atoms with Crippen molar-refractivity contribution in [1.29, 1.82) is 0 Å². The summed E-state index contributed by atoms with van der Waals surface area (Å²) >= 11 is 3.63. The van der Waals surface area contributed by atoms with Gasteiger partial charge in [-0.15, -0.1) is 11.3 Å². The van der Waals surface area contributed by atoms with Crippen molar-refractivity contribution in [2.24, 2.45) is 0 Å². The highest BCUT2D eigenvalue weighted by atomic mass is 32.2. The minimum Gasteiger partial charge on any atom is -0.487 e. The van der Waals surface area contributed by atoms with Crippen LogP contribution >= 0.6 is 23.1 Å². The Labute approximate surface area is 203 Å². The van der Waals surface area contributed by atoms with Crippen LogP contribution in [0.1, 0.15) is 27.4 Å². The summed E-state index contributed by atoms with van der Waals surface area (Å²) in [6.45, 7) is 7.67. The van der Waals surface area contributed by atoms with E-state index in [0.717, 1.165) is 52.9 Å². The van der Waals surface area contributed by atoms with Crippen LogP contribution in [0.3, 0.4) is 0 Å². The van der Waals surface area contributed by atoms with Gasteiger partial charge in [-0.2, -0.15) is 11.8 Å². The minimum absolute atomic E-state index is 0.163. The first kappa shape index (κ1) is 23.5. The normalized spacial score (nSPS) is 14.5. The number of rotatable bonds is 8. The summed E-state index contributed by atoms with van der Waals surface area (Å²) in [7, 11) is 0. The Morgan fingerprint density at radius 3 is 2.76 bits per heavy atom. The van der Waals surface area contributed by atoms with E-state index in [0.29, 0.717) is 6.61 Å². The van der Waals surface area contributed by atoms with Gasteiger partial charge in [0.15, 0.2) is 0 Å². The van der Waals surface area contributed by atoms with Gasteiger partial charge in [0.05, 0.1) is 10.7 Å². The highest BCUT2D eigenvalue weighted by molar-refractivity contribution is 7.99. The highest BCUT2D eigenvalue weighted by Gasteiger charge is 2.12. The first-order valence-electron chi connectivity index (χ1n) is 11.1. The number of para-hydroxylation sites is 1. The summed E-state index contributed by atoms with van der Waals surface area (Å²) in [5, 5.41) is 6.02. The lowest BCUT2D eigenvalue weighted by atomic mass is 10.1. The van der Waals surface area contributed by atoms with E-state index in [-0.39, 0.29) is 5.91 Å². The fourth-order valence-electron chi connectivity index (χ4n) is 3.70. The molecule has 0 bridgehead atoms. The van der Waals surface area contributed by atoms with E-state index in [1.54, 1.807) is 23.5 Å². The number of nitrogens with zero attached hydrogens (tertiary/aromatic N) is 2. The predicted octanol–water partition coefficient (Wildman–Crippen LogP) is 5.54. The van der Waals surface area contributed by atoms with Gasteiger partial charge >= 0.3 is 0 Å². The van der Waals surface area contributed by atoms with Gasteiger partial charge in [0, 0.05) is 53.8 Å². The lowest BCUT2D eigenvalue weighted by Crippen LogP contribution is -2.31. The fourth-order valence-corrected chi connectivity index (χ4v) is 5.27. The van der Waals surface area contributed by atoms with Crippen molar-refractivity contribution in [2.75, 3.05) is 29.9 Å². The fraction of sp³-hybridized carbons (Fsp3) is 0.308. The van der Waals surface area contributed by atoms with Crippen LogP contribution in [0.4, 0.5) is 5.69 Å². The van der Waals surface area contributed by atoms with Crippen molar-refractivity contribution >= 4 is 40.8 Å². The monoisotopic (exact) mass is 479 g/mol. The van der Waals surface area contributed by atoms with E-state index in [4.69, 9.17) is 4.74 Å². The molecule has 0 radical (unpaired) electrons. The van der Waals surface area contributed by atoms with Gasteiger partial charge in [-0.1, -0.05) is 30.3 Å². The van der Waals surface area contributed by atoms with E-state index < -0.39 is 0 Å². The molecule has 1 saturated heterocycles. The second kappa shape index (κ2) is 11.5. The molecule has 33 heavy (non-hydrogen) atoms. The van der Waals surface area contributed by atoms with Crippen molar-refractivity contribution in [3.8, 4) is 5.75 Å². The largest absolute Gasteiger partial charge is 0.487 e. The zero-order chi connectivity index (χ0) is 23.0. The van der Waals surface area contributed by atoms with Crippen LogP contribution in [0.15, 0.2) is 53.9 Å². The van der Waals surface area contributed by atoms with Crippen LogP contribution in [-0.4, -0.2) is 40.4 Å². The van der Waals surface area contributed by atoms with Gasteiger partial charge in [-0.3, -0.25) is 9.69 Å².